The zero-order chi connectivity index (χ0) is 26.8. The van der Waals surface area contributed by atoms with Gasteiger partial charge in [0.15, 0.2) is 11.6 Å². The average Bonchev–Trinajstić information content (AvgIpc) is 3.65. The highest BCUT2D eigenvalue weighted by atomic mass is 19.2. The van der Waals surface area contributed by atoms with Crippen LogP contribution in [0.1, 0.15) is 64.9 Å². The summed E-state index contributed by atoms with van der Waals surface area (Å²) in [4.78, 5) is 30.6. The van der Waals surface area contributed by atoms with Gasteiger partial charge in [-0.2, -0.15) is 0 Å². The first-order chi connectivity index (χ1) is 17.5. The molecule has 4 rings (SSSR count). The Balaban J connectivity index is 1.44. The number of hydrogen-bond donors (Lipinski definition) is 3. The molecule has 4 N–H and O–H groups in total. The van der Waals surface area contributed by atoms with Crippen LogP contribution in [0.15, 0.2) is 42.7 Å². The molecule has 2 saturated carbocycles. The lowest BCUT2D eigenvalue weighted by molar-refractivity contribution is -0.131. The summed E-state index contributed by atoms with van der Waals surface area (Å²) in [6, 6.07) is 6.69. The first-order valence-electron chi connectivity index (χ1n) is 13.2. The summed E-state index contributed by atoms with van der Waals surface area (Å²) in [6.45, 7) is 6.62. The quantitative estimate of drug-likeness (QED) is 0.443. The van der Waals surface area contributed by atoms with Crippen LogP contribution in [0.5, 0.6) is 0 Å². The van der Waals surface area contributed by atoms with Gasteiger partial charge in [0.2, 0.25) is 11.8 Å². The molecule has 2 aliphatic carbocycles. The first kappa shape index (κ1) is 27.2. The van der Waals surface area contributed by atoms with Crippen molar-refractivity contribution in [1.29, 1.82) is 0 Å². The van der Waals surface area contributed by atoms with E-state index in [2.05, 4.69) is 29.5 Å². The molecule has 2 fully saturated rings. The molecule has 1 aromatic heterocycles. The third-order valence-corrected chi connectivity index (χ3v) is 8.18. The molecule has 0 bridgehead atoms. The van der Waals surface area contributed by atoms with Crippen molar-refractivity contribution in [2.75, 3.05) is 11.9 Å². The molecule has 37 heavy (non-hydrogen) atoms. The molecule has 0 spiro atoms. The number of carbonyl (C=O) groups excluding carboxylic acids is 2. The number of hydrogen-bond acceptors (Lipinski definition) is 4. The predicted molar refractivity (Wildman–Crippen MR) is 140 cm³/mol. The van der Waals surface area contributed by atoms with E-state index in [1.54, 1.807) is 30.6 Å². The summed E-state index contributed by atoms with van der Waals surface area (Å²) in [7, 11) is 0. The van der Waals surface area contributed by atoms with Gasteiger partial charge in [-0.05, 0) is 86.1 Å². The van der Waals surface area contributed by atoms with Crippen molar-refractivity contribution in [3.05, 3.63) is 59.9 Å². The van der Waals surface area contributed by atoms with E-state index >= 15 is 0 Å². The maximum absolute atomic E-state index is 13.8. The van der Waals surface area contributed by atoms with Gasteiger partial charge < -0.3 is 16.4 Å². The molecule has 0 saturated heterocycles. The number of carbonyl (C=O) groups is 2. The molecule has 2 aromatic rings. The molecule has 6 nitrogen and oxygen atoms in total. The highest BCUT2D eigenvalue weighted by molar-refractivity contribution is 5.95. The van der Waals surface area contributed by atoms with E-state index in [9.17, 15) is 18.4 Å². The minimum atomic E-state index is -0.880. The minimum absolute atomic E-state index is 0.0694. The van der Waals surface area contributed by atoms with E-state index in [1.807, 2.05) is 6.92 Å². The first-order valence-corrected chi connectivity index (χ1v) is 13.2. The molecular formula is C29H38F2N4O2. The maximum atomic E-state index is 13.8. The monoisotopic (exact) mass is 512 g/mol. The molecule has 200 valence electrons. The zero-order valence-electron chi connectivity index (χ0n) is 21.9. The summed E-state index contributed by atoms with van der Waals surface area (Å²) in [5, 5.41) is 6.00. The van der Waals surface area contributed by atoms with E-state index in [0.29, 0.717) is 30.1 Å². The van der Waals surface area contributed by atoms with E-state index in [4.69, 9.17) is 5.73 Å². The van der Waals surface area contributed by atoms with Crippen LogP contribution in [0.25, 0.3) is 0 Å². The fourth-order valence-electron chi connectivity index (χ4n) is 6.05. The predicted octanol–water partition coefficient (Wildman–Crippen LogP) is 4.94. The van der Waals surface area contributed by atoms with Crippen LogP contribution in [0.3, 0.4) is 0 Å². The summed E-state index contributed by atoms with van der Waals surface area (Å²) in [5.74, 6) is -1.50. The van der Waals surface area contributed by atoms with E-state index in [1.165, 1.54) is 6.07 Å². The molecule has 0 aliphatic heterocycles. The number of nitrogens with zero attached hydrogens (tertiary/aromatic N) is 1. The summed E-state index contributed by atoms with van der Waals surface area (Å²) in [5.41, 5.74) is 6.87. The van der Waals surface area contributed by atoms with Crippen LogP contribution >= 0.6 is 0 Å². The highest BCUT2D eigenvalue weighted by Crippen LogP contribution is 2.48. The van der Waals surface area contributed by atoms with Crippen LogP contribution in [0.4, 0.5) is 14.5 Å². The molecule has 4 unspecified atom stereocenters. The Bertz CT molecular complexity index is 1120. The molecule has 1 aromatic carbocycles. The number of anilines is 1. The second-order valence-corrected chi connectivity index (χ2v) is 11.8. The van der Waals surface area contributed by atoms with Crippen molar-refractivity contribution in [1.82, 2.24) is 10.3 Å². The van der Waals surface area contributed by atoms with Gasteiger partial charge in [-0.15, -0.1) is 0 Å². The number of rotatable bonds is 9. The maximum Gasteiger partial charge on any atom is 0.237 e. The number of benzene rings is 1. The molecule has 0 radical (unpaired) electrons. The second kappa shape index (κ2) is 10.9. The Labute approximate surface area is 217 Å². The SMILES string of the molecule is CC(C)CC1CC(C(N)C(=O)NCC2(c3ccc(F)c(F)c3)CC2)CC(C)(C(=O)Nc2ccncc2)C1. The Kier molecular flexibility index (Phi) is 7.97. The number of nitrogens with one attached hydrogen (secondary N) is 2. The lowest BCUT2D eigenvalue weighted by Gasteiger charge is -2.43. The van der Waals surface area contributed by atoms with Crippen molar-refractivity contribution < 1.29 is 18.4 Å². The number of aromatic nitrogens is 1. The van der Waals surface area contributed by atoms with Crippen molar-refractivity contribution in [2.45, 2.75) is 70.8 Å². The molecule has 4 atom stereocenters. The molecule has 2 aliphatic rings. The van der Waals surface area contributed by atoms with Gasteiger partial charge in [-0.1, -0.05) is 26.8 Å². The Hall–Kier alpha value is -2.87. The molecule has 2 amide bonds. The van der Waals surface area contributed by atoms with Crippen LogP contribution in [-0.2, 0) is 15.0 Å². The molecule has 8 heteroatoms. The third-order valence-electron chi connectivity index (χ3n) is 8.18. The zero-order valence-corrected chi connectivity index (χ0v) is 21.9. The van der Waals surface area contributed by atoms with E-state index in [-0.39, 0.29) is 29.1 Å². The lowest BCUT2D eigenvalue weighted by Crippen LogP contribution is -2.52. The largest absolute Gasteiger partial charge is 0.354 e. The number of nitrogens with two attached hydrogens (primary N) is 1. The standard InChI is InChI=1S/C29H38F2N4O2/c1-18(2)12-19-13-20(16-28(3,15-19)27(37)35-22-6-10-33-11-7-22)25(32)26(36)34-17-29(8-9-29)21-4-5-23(30)24(31)14-21/h4-7,10-11,14,18-20,25H,8-9,12-13,15-17,32H2,1-3H3,(H,34,36)(H,33,35,37). The number of pyridine rings is 1. The van der Waals surface area contributed by atoms with Gasteiger partial charge in [-0.25, -0.2) is 8.78 Å². The fraction of sp³-hybridized carbons (Fsp3) is 0.552. The number of halogens is 2. The van der Waals surface area contributed by atoms with Gasteiger partial charge in [0.25, 0.3) is 0 Å². The Morgan fingerprint density at radius 3 is 2.43 bits per heavy atom. The van der Waals surface area contributed by atoms with Gasteiger partial charge in [-0.3, -0.25) is 14.6 Å². The smallest absolute Gasteiger partial charge is 0.237 e. The lowest BCUT2D eigenvalue weighted by atomic mass is 9.62. The van der Waals surface area contributed by atoms with E-state index < -0.39 is 23.1 Å². The Morgan fingerprint density at radius 2 is 1.81 bits per heavy atom. The Morgan fingerprint density at radius 1 is 1.11 bits per heavy atom. The van der Waals surface area contributed by atoms with Crippen molar-refractivity contribution in [3.63, 3.8) is 0 Å². The molecular weight excluding hydrogens is 474 g/mol. The van der Waals surface area contributed by atoms with Crippen molar-refractivity contribution in [2.24, 2.45) is 28.9 Å². The topological polar surface area (TPSA) is 97.1 Å². The van der Waals surface area contributed by atoms with Gasteiger partial charge >= 0.3 is 0 Å². The van der Waals surface area contributed by atoms with Gasteiger partial charge in [0, 0.05) is 35.5 Å². The van der Waals surface area contributed by atoms with E-state index in [0.717, 1.165) is 38.2 Å². The number of amides is 2. The van der Waals surface area contributed by atoms with Crippen LogP contribution in [0, 0.1) is 34.8 Å². The van der Waals surface area contributed by atoms with Crippen LogP contribution in [0.2, 0.25) is 0 Å². The van der Waals surface area contributed by atoms with Gasteiger partial charge in [0.05, 0.1) is 6.04 Å². The highest BCUT2D eigenvalue weighted by Gasteiger charge is 2.47. The second-order valence-electron chi connectivity index (χ2n) is 11.8. The minimum Gasteiger partial charge on any atom is -0.354 e. The summed E-state index contributed by atoms with van der Waals surface area (Å²) < 4.78 is 27.2. The normalized spacial score (nSPS) is 25.4. The van der Waals surface area contributed by atoms with Crippen molar-refractivity contribution >= 4 is 17.5 Å². The summed E-state index contributed by atoms with van der Waals surface area (Å²) in [6.07, 6.45) is 7.86. The van der Waals surface area contributed by atoms with Crippen LogP contribution in [-0.4, -0.2) is 29.4 Å². The third kappa shape index (κ3) is 6.35. The fourth-order valence-corrected chi connectivity index (χ4v) is 6.05. The molecule has 1 heterocycles. The van der Waals surface area contributed by atoms with Gasteiger partial charge in [0.1, 0.15) is 0 Å². The van der Waals surface area contributed by atoms with Crippen LogP contribution < -0.4 is 16.4 Å². The average molecular weight is 513 g/mol. The van der Waals surface area contributed by atoms with Crippen molar-refractivity contribution in [3.8, 4) is 0 Å². The summed E-state index contributed by atoms with van der Waals surface area (Å²) >= 11 is 0.